The van der Waals surface area contributed by atoms with Crippen LogP contribution in [0.5, 0.6) is 5.75 Å². The fourth-order valence-electron chi connectivity index (χ4n) is 4.04. The van der Waals surface area contributed by atoms with E-state index in [2.05, 4.69) is 10.1 Å². The number of aromatic nitrogens is 2. The van der Waals surface area contributed by atoms with E-state index in [0.717, 1.165) is 5.56 Å². The van der Waals surface area contributed by atoms with Gasteiger partial charge in [0.15, 0.2) is 11.3 Å². The number of thiazole rings is 1. The Hall–Kier alpha value is -3.40. The first-order chi connectivity index (χ1) is 17.3. The molecule has 36 heavy (non-hydrogen) atoms. The number of nitrogens with zero attached hydrogens (tertiary/aromatic N) is 2. The molecule has 0 radical (unpaired) electrons. The van der Waals surface area contributed by atoms with Crippen LogP contribution in [0.4, 0.5) is 13.2 Å². The SMILES string of the molecule is CCCc1cc2c(C(F)(F)F)noc2c(CCC)c1OC(C(=O)OC)c1csc(-c2ccccc2)n1. The Morgan fingerprint density at radius 1 is 1.14 bits per heavy atom. The molecule has 4 rings (SSSR count). The van der Waals surface area contributed by atoms with Crippen LogP contribution in [0.15, 0.2) is 46.3 Å². The molecular formula is C26H25F3N2O4S. The van der Waals surface area contributed by atoms with Crippen LogP contribution in [-0.2, 0) is 28.5 Å². The molecule has 2 heterocycles. The van der Waals surface area contributed by atoms with E-state index < -0.39 is 23.9 Å². The summed E-state index contributed by atoms with van der Waals surface area (Å²) in [5, 5.41) is 5.63. The highest BCUT2D eigenvalue weighted by atomic mass is 32.1. The van der Waals surface area contributed by atoms with Gasteiger partial charge in [-0.1, -0.05) is 62.2 Å². The van der Waals surface area contributed by atoms with Gasteiger partial charge in [-0.05, 0) is 24.5 Å². The third-order valence-electron chi connectivity index (χ3n) is 5.64. The normalized spacial score (nSPS) is 12.6. The Balaban J connectivity index is 1.84. The summed E-state index contributed by atoms with van der Waals surface area (Å²) in [6.07, 6.45) is -3.80. The van der Waals surface area contributed by atoms with E-state index in [0.29, 0.717) is 53.3 Å². The van der Waals surface area contributed by atoms with Crippen molar-refractivity contribution in [3.63, 3.8) is 0 Å². The van der Waals surface area contributed by atoms with Crippen molar-refractivity contribution in [2.75, 3.05) is 7.11 Å². The monoisotopic (exact) mass is 518 g/mol. The number of hydrogen-bond donors (Lipinski definition) is 0. The number of benzene rings is 2. The van der Waals surface area contributed by atoms with Gasteiger partial charge in [0.1, 0.15) is 16.5 Å². The summed E-state index contributed by atoms with van der Waals surface area (Å²) < 4.78 is 57.2. The van der Waals surface area contributed by atoms with Crippen molar-refractivity contribution in [3.05, 3.63) is 64.3 Å². The predicted molar refractivity (Wildman–Crippen MR) is 130 cm³/mol. The van der Waals surface area contributed by atoms with Crippen molar-refractivity contribution < 1.29 is 32.0 Å². The number of aryl methyl sites for hydroxylation is 2. The summed E-state index contributed by atoms with van der Waals surface area (Å²) in [4.78, 5) is 17.4. The molecule has 1 unspecified atom stereocenters. The van der Waals surface area contributed by atoms with E-state index in [1.165, 1.54) is 24.5 Å². The van der Waals surface area contributed by atoms with Crippen LogP contribution in [0.25, 0.3) is 21.5 Å². The first-order valence-corrected chi connectivity index (χ1v) is 12.4. The van der Waals surface area contributed by atoms with Crippen LogP contribution < -0.4 is 4.74 Å². The molecule has 190 valence electrons. The molecule has 0 saturated carbocycles. The van der Waals surface area contributed by atoms with Crippen LogP contribution in [0, 0.1) is 0 Å². The second-order valence-electron chi connectivity index (χ2n) is 8.21. The molecule has 0 aliphatic rings. The lowest BCUT2D eigenvalue weighted by Crippen LogP contribution is -2.22. The fraction of sp³-hybridized carbons (Fsp3) is 0.346. The van der Waals surface area contributed by atoms with Crippen LogP contribution in [0.3, 0.4) is 0 Å². The number of fused-ring (bicyclic) bond motifs is 1. The molecular weight excluding hydrogens is 493 g/mol. The van der Waals surface area contributed by atoms with E-state index in [1.54, 1.807) is 5.38 Å². The van der Waals surface area contributed by atoms with Gasteiger partial charge in [-0.15, -0.1) is 11.3 Å². The van der Waals surface area contributed by atoms with Crippen LogP contribution >= 0.6 is 11.3 Å². The quantitative estimate of drug-likeness (QED) is 0.219. The second-order valence-corrected chi connectivity index (χ2v) is 9.07. The van der Waals surface area contributed by atoms with Crippen molar-refractivity contribution >= 4 is 28.3 Å². The summed E-state index contributed by atoms with van der Waals surface area (Å²) in [7, 11) is 1.25. The molecule has 2 aromatic carbocycles. The Bertz CT molecular complexity index is 1350. The van der Waals surface area contributed by atoms with E-state index in [1.807, 2.05) is 44.2 Å². The van der Waals surface area contributed by atoms with Crippen LogP contribution in [0.1, 0.15) is 55.3 Å². The average molecular weight is 519 g/mol. The number of rotatable bonds is 9. The Kier molecular flexibility index (Phi) is 7.63. The summed E-state index contributed by atoms with van der Waals surface area (Å²) in [5.41, 5.74) is 1.15. The highest BCUT2D eigenvalue weighted by Crippen LogP contribution is 2.42. The largest absolute Gasteiger partial charge is 0.472 e. The summed E-state index contributed by atoms with van der Waals surface area (Å²) >= 11 is 1.35. The van der Waals surface area contributed by atoms with Gasteiger partial charge in [-0.2, -0.15) is 13.2 Å². The van der Waals surface area contributed by atoms with Gasteiger partial charge in [0, 0.05) is 16.5 Å². The van der Waals surface area contributed by atoms with Gasteiger partial charge in [-0.25, -0.2) is 9.78 Å². The smallest absolute Gasteiger partial charge is 0.437 e. The third kappa shape index (κ3) is 5.09. The predicted octanol–water partition coefficient (Wildman–Crippen LogP) is 7.17. The average Bonchev–Trinajstić information content (AvgIpc) is 3.51. The highest BCUT2D eigenvalue weighted by Gasteiger charge is 2.39. The zero-order valence-corrected chi connectivity index (χ0v) is 20.8. The fourth-order valence-corrected chi connectivity index (χ4v) is 4.88. The minimum absolute atomic E-state index is 0.00546. The molecule has 4 aromatic rings. The molecule has 0 bridgehead atoms. The minimum atomic E-state index is -4.66. The van der Waals surface area contributed by atoms with Gasteiger partial charge in [0.25, 0.3) is 0 Å². The van der Waals surface area contributed by atoms with Crippen LogP contribution in [-0.4, -0.2) is 23.2 Å². The number of esters is 1. The maximum atomic E-state index is 13.6. The Labute approximate surface area is 210 Å². The van der Waals surface area contributed by atoms with Crippen molar-refractivity contribution in [1.29, 1.82) is 0 Å². The molecule has 0 aliphatic heterocycles. The van der Waals surface area contributed by atoms with Gasteiger partial charge in [0.2, 0.25) is 6.10 Å². The molecule has 0 aliphatic carbocycles. The highest BCUT2D eigenvalue weighted by molar-refractivity contribution is 7.13. The molecule has 0 fully saturated rings. The van der Waals surface area contributed by atoms with E-state index in [-0.39, 0.29) is 11.0 Å². The van der Waals surface area contributed by atoms with E-state index >= 15 is 0 Å². The van der Waals surface area contributed by atoms with E-state index in [4.69, 9.17) is 14.0 Å². The number of hydrogen-bond acceptors (Lipinski definition) is 7. The van der Waals surface area contributed by atoms with Crippen LogP contribution in [0.2, 0.25) is 0 Å². The number of alkyl halides is 3. The summed E-state index contributed by atoms with van der Waals surface area (Å²) in [5.74, 6) is -0.362. The minimum Gasteiger partial charge on any atom is -0.472 e. The molecule has 6 nitrogen and oxygen atoms in total. The number of carbonyl (C=O) groups is 1. The maximum Gasteiger partial charge on any atom is 0.437 e. The molecule has 2 aromatic heterocycles. The molecule has 0 N–H and O–H groups in total. The summed E-state index contributed by atoms with van der Waals surface area (Å²) in [6.45, 7) is 3.81. The van der Waals surface area contributed by atoms with Gasteiger partial charge in [-0.3, -0.25) is 0 Å². The number of ether oxygens (including phenoxy) is 2. The zero-order valence-electron chi connectivity index (χ0n) is 20.0. The second kappa shape index (κ2) is 10.7. The lowest BCUT2D eigenvalue weighted by atomic mass is 9.97. The van der Waals surface area contributed by atoms with Crippen molar-refractivity contribution in [1.82, 2.24) is 10.1 Å². The van der Waals surface area contributed by atoms with Crippen molar-refractivity contribution in [2.45, 2.75) is 51.8 Å². The zero-order chi connectivity index (χ0) is 25.9. The first-order valence-electron chi connectivity index (χ1n) is 11.5. The lowest BCUT2D eigenvalue weighted by Gasteiger charge is -2.21. The number of halogens is 3. The first kappa shape index (κ1) is 25.7. The van der Waals surface area contributed by atoms with E-state index in [9.17, 15) is 18.0 Å². The van der Waals surface area contributed by atoms with Gasteiger partial charge in [0.05, 0.1) is 12.5 Å². The van der Waals surface area contributed by atoms with Gasteiger partial charge >= 0.3 is 12.1 Å². The molecule has 1 atom stereocenters. The Morgan fingerprint density at radius 2 is 1.86 bits per heavy atom. The van der Waals surface area contributed by atoms with Crippen molar-refractivity contribution in [2.24, 2.45) is 0 Å². The molecule has 10 heteroatoms. The Morgan fingerprint density at radius 3 is 2.50 bits per heavy atom. The topological polar surface area (TPSA) is 74.5 Å². The standard InChI is InChI=1S/C26H25F3N2O4S/c1-4-9-16-13-18-21(35-31-23(18)26(27,28)29)17(10-5-2)20(16)34-22(25(32)33-3)19-14-36-24(30-19)15-11-7-6-8-12-15/h6-8,11-14,22H,4-5,9-10H2,1-3H3. The number of methoxy groups -OCH3 is 1. The van der Waals surface area contributed by atoms with Gasteiger partial charge < -0.3 is 14.0 Å². The van der Waals surface area contributed by atoms with Crippen molar-refractivity contribution in [3.8, 4) is 16.3 Å². The number of carbonyl (C=O) groups excluding carboxylic acids is 1. The summed E-state index contributed by atoms with van der Waals surface area (Å²) in [6, 6.07) is 10.9. The third-order valence-corrected chi connectivity index (χ3v) is 6.55. The maximum absolute atomic E-state index is 13.6. The molecule has 0 amide bonds. The molecule has 0 saturated heterocycles. The molecule has 0 spiro atoms. The lowest BCUT2D eigenvalue weighted by molar-refractivity contribution is -0.149.